The molecule has 0 aromatic heterocycles. The molecule has 0 spiro atoms. The molecule has 5 heteroatoms. The molecule has 1 aromatic rings. The van der Waals surface area contributed by atoms with Crippen LogP contribution in [0.15, 0.2) is 35.7 Å². The Morgan fingerprint density at radius 3 is 2.61 bits per heavy atom. The fourth-order valence-corrected chi connectivity index (χ4v) is 2.60. The molecule has 0 amide bonds. The molecule has 1 aromatic carbocycles. The van der Waals surface area contributed by atoms with Gasteiger partial charge in [-0.2, -0.15) is 8.42 Å². The normalized spacial score (nSPS) is 13.3. The number of allylic oxidation sites excluding steroid dienone is 1. The van der Waals surface area contributed by atoms with E-state index in [1.807, 2.05) is 6.92 Å². The van der Waals surface area contributed by atoms with Crippen molar-refractivity contribution in [2.75, 3.05) is 6.61 Å². The van der Waals surface area contributed by atoms with Gasteiger partial charge >= 0.3 is 0 Å². The molecule has 1 unspecified atom stereocenters. The van der Waals surface area contributed by atoms with Crippen molar-refractivity contribution < 1.29 is 18.1 Å². The highest BCUT2D eigenvalue weighted by Gasteiger charge is 2.18. The third kappa shape index (κ3) is 3.94. The van der Waals surface area contributed by atoms with Gasteiger partial charge in [-0.05, 0) is 37.3 Å². The van der Waals surface area contributed by atoms with Gasteiger partial charge in [0.25, 0.3) is 10.1 Å². The van der Waals surface area contributed by atoms with E-state index in [2.05, 4.69) is 6.58 Å². The standard InChI is InChI=1S/C13H18O4S/c1-3-4-11(9-14)8-12-7-10(2)5-6-13(12)18(15,16)17/h3,5-7,11,14H,1,4,8-9H2,2H3,(H,15,16,17). The second kappa shape index (κ2) is 6.13. The first-order valence-electron chi connectivity index (χ1n) is 5.67. The molecule has 100 valence electrons. The average Bonchev–Trinajstić information content (AvgIpc) is 2.26. The van der Waals surface area contributed by atoms with Gasteiger partial charge in [-0.25, -0.2) is 0 Å². The summed E-state index contributed by atoms with van der Waals surface area (Å²) < 4.78 is 31.7. The summed E-state index contributed by atoms with van der Waals surface area (Å²) in [6.45, 7) is 5.40. The molecule has 0 heterocycles. The van der Waals surface area contributed by atoms with Crippen molar-refractivity contribution >= 4 is 10.1 Å². The third-order valence-corrected chi connectivity index (χ3v) is 3.71. The van der Waals surface area contributed by atoms with E-state index in [-0.39, 0.29) is 17.4 Å². The van der Waals surface area contributed by atoms with E-state index < -0.39 is 10.1 Å². The smallest absolute Gasteiger partial charge is 0.294 e. The fourth-order valence-electron chi connectivity index (χ4n) is 1.89. The minimum Gasteiger partial charge on any atom is -0.396 e. The van der Waals surface area contributed by atoms with Crippen LogP contribution in [-0.2, 0) is 16.5 Å². The minimum atomic E-state index is -4.23. The maximum atomic E-state index is 11.3. The van der Waals surface area contributed by atoms with Crippen molar-refractivity contribution in [3.63, 3.8) is 0 Å². The Morgan fingerprint density at radius 1 is 1.44 bits per heavy atom. The molecular weight excluding hydrogens is 252 g/mol. The Balaban J connectivity index is 3.13. The van der Waals surface area contributed by atoms with E-state index in [0.29, 0.717) is 18.4 Å². The predicted octanol–water partition coefficient (Wildman–Crippen LogP) is 1.97. The zero-order valence-electron chi connectivity index (χ0n) is 10.3. The zero-order valence-corrected chi connectivity index (χ0v) is 11.2. The van der Waals surface area contributed by atoms with Gasteiger partial charge in [-0.1, -0.05) is 23.8 Å². The number of aliphatic hydroxyl groups excluding tert-OH is 1. The monoisotopic (exact) mass is 270 g/mol. The van der Waals surface area contributed by atoms with E-state index in [1.54, 1.807) is 18.2 Å². The Morgan fingerprint density at radius 2 is 2.11 bits per heavy atom. The number of aliphatic hydroxyl groups is 1. The molecule has 1 rings (SSSR count). The molecule has 1 atom stereocenters. The largest absolute Gasteiger partial charge is 0.396 e. The topological polar surface area (TPSA) is 74.6 Å². The Kier molecular flexibility index (Phi) is 5.07. The van der Waals surface area contributed by atoms with E-state index in [1.165, 1.54) is 6.07 Å². The number of benzene rings is 1. The van der Waals surface area contributed by atoms with Gasteiger partial charge in [0.2, 0.25) is 0 Å². The van der Waals surface area contributed by atoms with E-state index in [4.69, 9.17) is 4.55 Å². The molecule has 0 bridgehead atoms. The van der Waals surface area contributed by atoms with Crippen LogP contribution in [0.5, 0.6) is 0 Å². The summed E-state index contributed by atoms with van der Waals surface area (Å²) in [5, 5.41) is 9.22. The lowest BCUT2D eigenvalue weighted by Crippen LogP contribution is -2.12. The van der Waals surface area contributed by atoms with Crippen LogP contribution in [0.2, 0.25) is 0 Å². The van der Waals surface area contributed by atoms with Crippen LogP contribution in [0.25, 0.3) is 0 Å². The van der Waals surface area contributed by atoms with Crippen LogP contribution in [-0.4, -0.2) is 24.7 Å². The van der Waals surface area contributed by atoms with Crippen molar-refractivity contribution in [3.05, 3.63) is 42.0 Å². The summed E-state index contributed by atoms with van der Waals surface area (Å²) in [4.78, 5) is -0.0874. The minimum absolute atomic E-state index is 0.0507. The quantitative estimate of drug-likeness (QED) is 0.612. The molecule has 0 saturated heterocycles. The van der Waals surface area contributed by atoms with Crippen LogP contribution in [0.3, 0.4) is 0 Å². The van der Waals surface area contributed by atoms with E-state index >= 15 is 0 Å². The van der Waals surface area contributed by atoms with Gasteiger partial charge < -0.3 is 5.11 Å². The SMILES string of the molecule is C=CCC(CO)Cc1cc(C)ccc1S(=O)(=O)O. The summed E-state index contributed by atoms with van der Waals surface area (Å²) in [7, 11) is -4.23. The summed E-state index contributed by atoms with van der Waals surface area (Å²) in [5.74, 6) is -0.0928. The molecule has 4 nitrogen and oxygen atoms in total. The first kappa shape index (κ1) is 14.9. The molecule has 2 N–H and O–H groups in total. The second-order valence-corrected chi connectivity index (χ2v) is 5.75. The van der Waals surface area contributed by atoms with Crippen LogP contribution in [0, 0.1) is 12.8 Å². The van der Waals surface area contributed by atoms with Crippen molar-refractivity contribution in [2.24, 2.45) is 5.92 Å². The predicted molar refractivity (Wildman–Crippen MR) is 70.1 cm³/mol. The van der Waals surface area contributed by atoms with Gasteiger partial charge in [-0.15, -0.1) is 6.58 Å². The van der Waals surface area contributed by atoms with Gasteiger partial charge in [0.05, 0.1) is 4.90 Å². The second-order valence-electron chi connectivity index (χ2n) is 4.36. The maximum Gasteiger partial charge on any atom is 0.294 e. The summed E-state index contributed by atoms with van der Waals surface area (Å²) in [6.07, 6.45) is 2.67. The van der Waals surface area contributed by atoms with Gasteiger partial charge in [-0.3, -0.25) is 4.55 Å². The zero-order chi connectivity index (χ0) is 13.8. The van der Waals surface area contributed by atoms with Crippen LogP contribution in [0.4, 0.5) is 0 Å². The first-order chi connectivity index (χ1) is 8.38. The van der Waals surface area contributed by atoms with Gasteiger partial charge in [0, 0.05) is 6.61 Å². The molecule has 0 aliphatic carbocycles. The maximum absolute atomic E-state index is 11.3. The molecule has 18 heavy (non-hydrogen) atoms. The molecule has 0 aliphatic rings. The highest BCUT2D eigenvalue weighted by atomic mass is 32.2. The van der Waals surface area contributed by atoms with E-state index in [0.717, 1.165) is 5.56 Å². The average molecular weight is 270 g/mol. The van der Waals surface area contributed by atoms with Gasteiger partial charge in [0.1, 0.15) is 0 Å². The Labute approximate surface area is 108 Å². The summed E-state index contributed by atoms with van der Waals surface area (Å²) >= 11 is 0. The fraction of sp³-hybridized carbons (Fsp3) is 0.385. The lowest BCUT2D eigenvalue weighted by atomic mass is 9.96. The van der Waals surface area contributed by atoms with Crippen molar-refractivity contribution in [1.82, 2.24) is 0 Å². The summed E-state index contributed by atoms with van der Waals surface area (Å²) in [5.41, 5.74) is 1.44. The highest BCUT2D eigenvalue weighted by Crippen LogP contribution is 2.22. The third-order valence-electron chi connectivity index (χ3n) is 2.76. The van der Waals surface area contributed by atoms with Crippen LogP contribution >= 0.6 is 0 Å². The highest BCUT2D eigenvalue weighted by molar-refractivity contribution is 7.85. The first-order valence-corrected chi connectivity index (χ1v) is 7.11. The van der Waals surface area contributed by atoms with E-state index in [9.17, 15) is 13.5 Å². The molecule has 0 aliphatic heterocycles. The van der Waals surface area contributed by atoms with Crippen LogP contribution in [0.1, 0.15) is 17.5 Å². The number of aryl methyl sites for hydroxylation is 1. The molecule has 0 saturated carbocycles. The summed E-state index contributed by atoms with van der Waals surface area (Å²) in [6, 6.07) is 4.74. The van der Waals surface area contributed by atoms with Crippen molar-refractivity contribution in [2.45, 2.75) is 24.7 Å². The van der Waals surface area contributed by atoms with Gasteiger partial charge in [0.15, 0.2) is 0 Å². The number of hydrogen-bond acceptors (Lipinski definition) is 3. The lowest BCUT2D eigenvalue weighted by Gasteiger charge is -2.14. The molecule has 0 radical (unpaired) electrons. The lowest BCUT2D eigenvalue weighted by molar-refractivity contribution is 0.226. The number of rotatable bonds is 6. The Hall–Kier alpha value is -1.17. The molecule has 0 fully saturated rings. The van der Waals surface area contributed by atoms with Crippen molar-refractivity contribution in [3.8, 4) is 0 Å². The Bertz CT molecular complexity index is 520. The molecular formula is C13H18O4S. The van der Waals surface area contributed by atoms with Crippen LogP contribution < -0.4 is 0 Å². The van der Waals surface area contributed by atoms with Crippen molar-refractivity contribution in [1.29, 1.82) is 0 Å². The number of hydrogen-bond donors (Lipinski definition) is 2.